The molecule has 1 aromatic heterocycles. The van der Waals surface area contributed by atoms with E-state index in [1.54, 1.807) is 11.3 Å². The second-order valence-corrected chi connectivity index (χ2v) is 6.32. The van der Waals surface area contributed by atoms with E-state index in [-0.39, 0.29) is 0 Å². The summed E-state index contributed by atoms with van der Waals surface area (Å²) in [5.74, 6) is 0. The lowest BCUT2D eigenvalue weighted by Gasteiger charge is -2.08. The van der Waals surface area contributed by atoms with Crippen molar-refractivity contribution in [2.75, 3.05) is 6.54 Å². The van der Waals surface area contributed by atoms with Crippen LogP contribution in [0.3, 0.4) is 0 Å². The highest BCUT2D eigenvalue weighted by molar-refractivity contribution is 7.11. The fourth-order valence-corrected chi connectivity index (χ4v) is 2.96. The molecule has 4 heteroatoms. The predicted octanol–water partition coefficient (Wildman–Crippen LogP) is 4.50. The minimum atomic E-state index is 0.343. The minimum Gasteiger partial charge on any atom is -0.308 e. The Kier molecular flexibility index (Phi) is 9.01. The van der Waals surface area contributed by atoms with Crippen LogP contribution in [0.1, 0.15) is 81.8 Å². The van der Waals surface area contributed by atoms with Gasteiger partial charge < -0.3 is 5.32 Å². The molecule has 0 amide bonds. The Labute approximate surface area is 122 Å². The smallest absolute Gasteiger partial charge is 0.134 e. The van der Waals surface area contributed by atoms with Crippen molar-refractivity contribution < 1.29 is 0 Å². The van der Waals surface area contributed by atoms with Gasteiger partial charge in [0, 0.05) is 6.42 Å². The first-order chi connectivity index (χ1) is 9.27. The van der Waals surface area contributed by atoms with Crippen LogP contribution in [0.5, 0.6) is 0 Å². The highest BCUT2D eigenvalue weighted by atomic mass is 32.1. The van der Waals surface area contributed by atoms with Gasteiger partial charge in [-0.05, 0) is 26.3 Å². The van der Waals surface area contributed by atoms with Crippen molar-refractivity contribution in [1.82, 2.24) is 15.5 Å². The van der Waals surface area contributed by atoms with Gasteiger partial charge in [-0.2, -0.15) is 0 Å². The largest absolute Gasteiger partial charge is 0.308 e. The van der Waals surface area contributed by atoms with Crippen molar-refractivity contribution in [2.24, 2.45) is 0 Å². The summed E-state index contributed by atoms with van der Waals surface area (Å²) in [4.78, 5) is 0. The van der Waals surface area contributed by atoms with Crippen LogP contribution in [-0.2, 0) is 6.42 Å². The quantitative estimate of drug-likeness (QED) is 0.608. The monoisotopic (exact) mass is 283 g/mol. The van der Waals surface area contributed by atoms with Crippen LogP contribution in [0.4, 0.5) is 0 Å². The number of rotatable bonds is 11. The van der Waals surface area contributed by atoms with Crippen LogP contribution >= 0.6 is 11.3 Å². The normalized spacial score (nSPS) is 12.8. The molecule has 0 saturated heterocycles. The minimum absolute atomic E-state index is 0.343. The van der Waals surface area contributed by atoms with Gasteiger partial charge in [0.1, 0.15) is 10.0 Å². The summed E-state index contributed by atoms with van der Waals surface area (Å²) in [5.41, 5.74) is 0. The molecule has 1 aromatic rings. The van der Waals surface area contributed by atoms with E-state index in [2.05, 4.69) is 36.3 Å². The molecule has 0 spiro atoms. The van der Waals surface area contributed by atoms with E-state index in [1.165, 1.54) is 43.5 Å². The number of aryl methyl sites for hydroxylation is 1. The third kappa shape index (κ3) is 7.02. The fraction of sp³-hybridized carbons (Fsp3) is 0.867. The highest BCUT2D eigenvalue weighted by Crippen LogP contribution is 2.19. The van der Waals surface area contributed by atoms with Crippen LogP contribution in [0, 0.1) is 0 Å². The second kappa shape index (κ2) is 10.3. The Balaban J connectivity index is 2.19. The van der Waals surface area contributed by atoms with E-state index in [0.717, 1.165) is 24.4 Å². The lowest BCUT2D eigenvalue weighted by atomic mass is 10.1. The average Bonchev–Trinajstić information content (AvgIpc) is 2.89. The van der Waals surface area contributed by atoms with Gasteiger partial charge in [-0.25, -0.2) is 0 Å². The molecule has 1 unspecified atom stereocenters. The number of nitrogens with one attached hydrogen (secondary N) is 1. The first kappa shape index (κ1) is 16.6. The molecule has 0 aliphatic carbocycles. The predicted molar refractivity (Wildman–Crippen MR) is 83.7 cm³/mol. The molecule has 0 aromatic carbocycles. The van der Waals surface area contributed by atoms with Crippen LogP contribution in [0.15, 0.2) is 0 Å². The Morgan fingerprint density at radius 1 is 1.00 bits per heavy atom. The zero-order valence-electron chi connectivity index (χ0n) is 12.7. The second-order valence-electron chi connectivity index (χ2n) is 5.23. The lowest BCUT2D eigenvalue weighted by Crippen LogP contribution is -2.18. The molecule has 0 aliphatic heterocycles. The summed E-state index contributed by atoms with van der Waals surface area (Å²) in [6.07, 6.45) is 10.3. The highest BCUT2D eigenvalue weighted by Gasteiger charge is 2.10. The number of hydrogen-bond donors (Lipinski definition) is 1. The number of aromatic nitrogens is 2. The van der Waals surface area contributed by atoms with E-state index in [9.17, 15) is 0 Å². The van der Waals surface area contributed by atoms with Gasteiger partial charge in [0.15, 0.2) is 0 Å². The van der Waals surface area contributed by atoms with Gasteiger partial charge in [0.25, 0.3) is 0 Å². The molecule has 1 N–H and O–H groups in total. The topological polar surface area (TPSA) is 37.8 Å². The van der Waals surface area contributed by atoms with E-state index in [4.69, 9.17) is 0 Å². The molecule has 19 heavy (non-hydrogen) atoms. The van der Waals surface area contributed by atoms with Gasteiger partial charge in [-0.15, -0.1) is 10.2 Å². The third-order valence-electron chi connectivity index (χ3n) is 3.30. The maximum absolute atomic E-state index is 4.31. The molecule has 0 saturated carbocycles. The summed E-state index contributed by atoms with van der Waals surface area (Å²) >= 11 is 1.77. The maximum atomic E-state index is 4.31. The number of nitrogens with zero attached hydrogens (tertiary/aromatic N) is 2. The molecular weight excluding hydrogens is 254 g/mol. The van der Waals surface area contributed by atoms with E-state index >= 15 is 0 Å². The van der Waals surface area contributed by atoms with Crippen molar-refractivity contribution >= 4 is 11.3 Å². The molecule has 0 fully saturated rings. The lowest BCUT2D eigenvalue weighted by molar-refractivity contribution is 0.563. The molecule has 1 heterocycles. The van der Waals surface area contributed by atoms with Gasteiger partial charge >= 0.3 is 0 Å². The van der Waals surface area contributed by atoms with Crippen molar-refractivity contribution in [2.45, 2.75) is 78.2 Å². The molecule has 0 aliphatic rings. The molecular formula is C15H29N3S. The van der Waals surface area contributed by atoms with Crippen molar-refractivity contribution in [3.63, 3.8) is 0 Å². The van der Waals surface area contributed by atoms with Crippen molar-refractivity contribution in [3.05, 3.63) is 10.0 Å². The van der Waals surface area contributed by atoms with Crippen LogP contribution in [0.2, 0.25) is 0 Å². The molecule has 1 rings (SSSR count). The summed E-state index contributed by atoms with van der Waals surface area (Å²) < 4.78 is 0. The van der Waals surface area contributed by atoms with Crippen molar-refractivity contribution in [3.8, 4) is 0 Å². The summed E-state index contributed by atoms with van der Waals surface area (Å²) in [6, 6.07) is 0.343. The fourth-order valence-electron chi connectivity index (χ4n) is 2.05. The molecule has 110 valence electrons. The Hall–Kier alpha value is -0.480. The van der Waals surface area contributed by atoms with Gasteiger partial charge in [0.2, 0.25) is 0 Å². The Morgan fingerprint density at radius 2 is 1.74 bits per heavy atom. The van der Waals surface area contributed by atoms with Crippen LogP contribution in [-0.4, -0.2) is 16.7 Å². The molecule has 0 radical (unpaired) electrons. The summed E-state index contributed by atoms with van der Waals surface area (Å²) in [7, 11) is 0. The standard InChI is InChI=1S/C15H29N3S/c1-4-6-7-8-9-10-11-14-17-18-15(19-14)13(3)16-12-5-2/h13,16H,4-12H2,1-3H3. The van der Waals surface area contributed by atoms with Gasteiger partial charge in [0.05, 0.1) is 6.04 Å². The summed E-state index contributed by atoms with van der Waals surface area (Å²) in [5, 5.41) is 14.4. The van der Waals surface area contributed by atoms with Crippen LogP contribution in [0.25, 0.3) is 0 Å². The molecule has 0 bridgehead atoms. The first-order valence-electron chi connectivity index (χ1n) is 7.83. The van der Waals surface area contributed by atoms with Crippen molar-refractivity contribution in [1.29, 1.82) is 0 Å². The van der Waals surface area contributed by atoms with E-state index < -0.39 is 0 Å². The van der Waals surface area contributed by atoms with E-state index in [1.807, 2.05) is 0 Å². The maximum Gasteiger partial charge on any atom is 0.134 e. The summed E-state index contributed by atoms with van der Waals surface area (Å²) in [6.45, 7) is 7.67. The van der Waals surface area contributed by atoms with Crippen LogP contribution < -0.4 is 5.32 Å². The number of unbranched alkanes of at least 4 members (excludes halogenated alkanes) is 5. The van der Waals surface area contributed by atoms with E-state index in [0.29, 0.717) is 6.04 Å². The average molecular weight is 283 g/mol. The molecule has 1 atom stereocenters. The first-order valence-corrected chi connectivity index (χ1v) is 8.65. The SMILES string of the molecule is CCCCCCCCc1nnc(C(C)NCCC)s1. The Bertz CT molecular complexity index is 325. The molecule has 3 nitrogen and oxygen atoms in total. The van der Waals surface area contributed by atoms with Gasteiger partial charge in [-0.3, -0.25) is 0 Å². The van der Waals surface area contributed by atoms with Gasteiger partial charge in [-0.1, -0.05) is 57.3 Å². The zero-order valence-corrected chi connectivity index (χ0v) is 13.6. The number of hydrogen-bond acceptors (Lipinski definition) is 4. The third-order valence-corrected chi connectivity index (χ3v) is 4.46. The Morgan fingerprint density at radius 3 is 2.47 bits per heavy atom. The zero-order chi connectivity index (χ0) is 13.9.